The SMILES string of the molecule is CCOC(=O)N1CCN(C(=O)c2ccnc(Nc3cccc(C)c3)n2)CC1. The Morgan fingerprint density at radius 2 is 1.89 bits per heavy atom. The summed E-state index contributed by atoms with van der Waals surface area (Å²) in [5.41, 5.74) is 2.30. The van der Waals surface area contributed by atoms with Crippen LogP contribution in [0.5, 0.6) is 0 Å². The third-order valence-electron chi connectivity index (χ3n) is 4.24. The van der Waals surface area contributed by atoms with E-state index in [1.54, 1.807) is 29.0 Å². The molecule has 142 valence electrons. The van der Waals surface area contributed by atoms with Gasteiger partial charge in [-0.05, 0) is 37.6 Å². The first-order chi connectivity index (χ1) is 13.1. The highest BCUT2D eigenvalue weighted by molar-refractivity contribution is 5.92. The molecule has 1 aromatic heterocycles. The molecule has 2 heterocycles. The average Bonchev–Trinajstić information content (AvgIpc) is 2.68. The maximum Gasteiger partial charge on any atom is 0.409 e. The number of rotatable bonds is 4. The normalized spacial score (nSPS) is 14.0. The number of hydrogen-bond acceptors (Lipinski definition) is 6. The Balaban J connectivity index is 1.63. The molecule has 1 aliphatic rings. The minimum atomic E-state index is -0.337. The van der Waals surface area contributed by atoms with Crippen LogP contribution in [0, 0.1) is 6.92 Å². The van der Waals surface area contributed by atoms with Crippen molar-refractivity contribution in [2.24, 2.45) is 0 Å². The molecule has 8 heteroatoms. The molecule has 27 heavy (non-hydrogen) atoms. The molecule has 0 atom stereocenters. The molecule has 1 N–H and O–H groups in total. The highest BCUT2D eigenvalue weighted by Crippen LogP contribution is 2.15. The van der Waals surface area contributed by atoms with Gasteiger partial charge in [0.05, 0.1) is 6.61 Å². The van der Waals surface area contributed by atoms with Gasteiger partial charge < -0.3 is 19.9 Å². The quantitative estimate of drug-likeness (QED) is 0.891. The fourth-order valence-electron chi connectivity index (χ4n) is 2.86. The van der Waals surface area contributed by atoms with Gasteiger partial charge in [-0.15, -0.1) is 0 Å². The number of carbonyl (C=O) groups is 2. The van der Waals surface area contributed by atoms with E-state index in [-0.39, 0.29) is 12.0 Å². The molecular formula is C19H23N5O3. The van der Waals surface area contributed by atoms with E-state index in [1.807, 2.05) is 31.2 Å². The number of ether oxygens (including phenoxy) is 1. The number of nitrogens with zero attached hydrogens (tertiary/aromatic N) is 4. The molecule has 0 aliphatic carbocycles. The molecule has 0 spiro atoms. The van der Waals surface area contributed by atoms with E-state index >= 15 is 0 Å². The number of anilines is 2. The van der Waals surface area contributed by atoms with E-state index in [2.05, 4.69) is 15.3 Å². The van der Waals surface area contributed by atoms with Crippen LogP contribution in [0.1, 0.15) is 23.0 Å². The van der Waals surface area contributed by atoms with Gasteiger partial charge in [-0.25, -0.2) is 14.8 Å². The standard InChI is InChI=1S/C19H23N5O3/c1-3-27-19(26)24-11-9-23(10-12-24)17(25)16-7-8-20-18(22-16)21-15-6-4-5-14(2)13-15/h4-8,13H,3,9-12H2,1-2H3,(H,20,21,22). The van der Waals surface area contributed by atoms with Crippen molar-refractivity contribution in [2.75, 3.05) is 38.1 Å². The van der Waals surface area contributed by atoms with E-state index in [9.17, 15) is 9.59 Å². The number of aromatic nitrogens is 2. The van der Waals surface area contributed by atoms with Crippen molar-refractivity contribution in [2.45, 2.75) is 13.8 Å². The minimum Gasteiger partial charge on any atom is -0.450 e. The third kappa shape index (κ3) is 4.72. The first kappa shape index (κ1) is 18.6. The lowest BCUT2D eigenvalue weighted by atomic mass is 10.2. The maximum atomic E-state index is 12.7. The van der Waals surface area contributed by atoms with Crippen LogP contribution in [0.3, 0.4) is 0 Å². The molecular weight excluding hydrogens is 346 g/mol. The van der Waals surface area contributed by atoms with Crippen LogP contribution in [0.15, 0.2) is 36.5 Å². The van der Waals surface area contributed by atoms with Crippen LogP contribution in [0.25, 0.3) is 0 Å². The summed E-state index contributed by atoms with van der Waals surface area (Å²) in [7, 11) is 0. The first-order valence-electron chi connectivity index (χ1n) is 8.94. The molecule has 1 saturated heterocycles. The lowest BCUT2D eigenvalue weighted by Gasteiger charge is -2.33. The molecule has 1 aromatic carbocycles. The number of aryl methyl sites for hydroxylation is 1. The summed E-state index contributed by atoms with van der Waals surface area (Å²) in [5, 5.41) is 3.12. The summed E-state index contributed by atoms with van der Waals surface area (Å²) in [6, 6.07) is 9.44. The summed E-state index contributed by atoms with van der Waals surface area (Å²) in [6.07, 6.45) is 1.23. The summed E-state index contributed by atoms with van der Waals surface area (Å²) in [5.74, 6) is 0.199. The molecule has 2 aromatic rings. The van der Waals surface area contributed by atoms with Gasteiger partial charge in [0.25, 0.3) is 5.91 Å². The Hall–Kier alpha value is -3.16. The van der Waals surface area contributed by atoms with Crippen molar-refractivity contribution in [3.05, 3.63) is 47.8 Å². The summed E-state index contributed by atoms with van der Waals surface area (Å²) < 4.78 is 5.00. The van der Waals surface area contributed by atoms with Gasteiger partial charge in [0, 0.05) is 38.1 Å². The Bertz CT molecular complexity index is 818. The van der Waals surface area contributed by atoms with Crippen LogP contribution in [-0.4, -0.2) is 64.6 Å². The molecule has 1 fully saturated rings. The van der Waals surface area contributed by atoms with Crippen molar-refractivity contribution < 1.29 is 14.3 Å². The van der Waals surface area contributed by atoms with Gasteiger partial charge in [-0.2, -0.15) is 0 Å². The van der Waals surface area contributed by atoms with Gasteiger partial charge >= 0.3 is 6.09 Å². The zero-order valence-electron chi connectivity index (χ0n) is 15.5. The Kier molecular flexibility index (Phi) is 5.85. The van der Waals surface area contributed by atoms with Crippen molar-refractivity contribution in [3.63, 3.8) is 0 Å². The molecule has 1 aliphatic heterocycles. The smallest absolute Gasteiger partial charge is 0.409 e. The number of nitrogens with one attached hydrogen (secondary N) is 1. The number of amides is 2. The highest BCUT2D eigenvalue weighted by atomic mass is 16.6. The number of benzene rings is 1. The topological polar surface area (TPSA) is 87.7 Å². The highest BCUT2D eigenvalue weighted by Gasteiger charge is 2.26. The van der Waals surface area contributed by atoms with E-state index in [1.165, 1.54) is 0 Å². The molecule has 0 radical (unpaired) electrons. The predicted molar refractivity (Wildman–Crippen MR) is 101 cm³/mol. The van der Waals surface area contributed by atoms with E-state index in [4.69, 9.17) is 4.74 Å². The average molecular weight is 369 g/mol. The second-order valence-corrected chi connectivity index (χ2v) is 6.24. The molecule has 0 unspecified atom stereocenters. The Morgan fingerprint density at radius 1 is 1.15 bits per heavy atom. The van der Waals surface area contributed by atoms with Crippen LogP contribution in [-0.2, 0) is 4.74 Å². The van der Waals surface area contributed by atoms with Gasteiger partial charge in [-0.3, -0.25) is 4.79 Å². The number of carbonyl (C=O) groups excluding carboxylic acids is 2. The number of piperazine rings is 1. The molecule has 0 saturated carbocycles. The number of hydrogen-bond donors (Lipinski definition) is 1. The van der Waals surface area contributed by atoms with Gasteiger partial charge in [0.2, 0.25) is 5.95 Å². The third-order valence-corrected chi connectivity index (χ3v) is 4.24. The van der Waals surface area contributed by atoms with Crippen molar-refractivity contribution >= 4 is 23.6 Å². The van der Waals surface area contributed by atoms with Crippen molar-refractivity contribution in [1.82, 2.24) is 19.8 Å². The molecule has 8 nitrogen and oxygen atoms in total. The second kappa shape index (κ2) is 8.48. The predicted octanol–water partition coefficient (Wildman–Crippen LogP) is 2.44. The summed E-state index contributed by atoms with van der Waals surface area (Å²) >= 11 is 0. The Morgan fingerprint density at radius 3 is 2.59 bits per heavy atom. The molecule has 0 bridgehead atoms. The zero-order chi connectivity index (χ0) is 19.2. The van der Waals surface area contributed by atoms with Crippen molar-refractivity contribution in [1.29, 1.82) is 0 Å². The monoisotopic (exact) mass is 369 g/mol. The fraction of sp³-hybridized carbons (Fsp3) is 0.368. The molecule has 3 rings (SSSR count). The van der Waals surface area contributed by atoms with Gasteiger partial charge in [0.15, 0.2) is 0 Å². The van der Waals surface area contributed by atoms with Crippen LogP contribution in [0.4, 0.5) is 16.4 Å². The van der Waals surface area contributed by atoms with Crippen LogP contribution < -0.4 is 5.32 Å². The zero-order valence-corrected chi connectivity index (χ0v) is 15.5. The summed E-state index contributed by atoms with van der Waals surface area (Å²) in [4.78, 5) is 36.3. The lowest BCUT2D eigenvalue weighted by Crippen LogP contribution is -2.50. The largest absolute Gasteiger partial charge is 0.450 e. The van der Waals surface area contributed by atoms with Gasteiger partial charge in [0.1, 0.15) is 5.69 Å². The van der Waals surface area contributed by atoms with Gasteiger partial charge in [-0.1, -0.05) is 12.1 Å². The first-order valence-corrected chi connectivity index (χ1v) is 8.94. The van der Waals surface area contributed by atoms with Crippen LogP contribution in [0.2, 0.25) is 0 Å². The fourth-order valence-corrected chi connectivity index (χ4v) is 2.86. The second-order valence-electron chi connectivity index (χ2n) is 6.24. The van der Waals surface area contributed by atoms with E-state index in [0.29, 0.717) is 44.4 Å². The Labute approximate surface area is 158 Å². The van der Waals surface area contributed by atoms with Crippen molar-refractivity contribution in [3.8, 4) is 0 Å². The lowest BCUT2D eigenvalue weighted by molar-refractivity contribution is 0.0566. The van der Waals surface area contributed by atoms with E-state index in [0.717, 1.165) is 11.3 Å². The van der Waals surface area contributed by atoms with Crippen LogP contribution >= 0.6 is 0 Å². The molecule has 2 amide bonds. The van der Waals surface area contributed by atoms with E-state index < -0.39 is 0 Å². The minimum absolute atomic E-state index is 0.173. The maximum absolute atomic E-state index is 12.7. The summed E-state index contributed by atoms with van der Waals surface area (Å²) in [6.45, 7) is 5.91.